The topological polar surface area (TPSA) is 77.2 Å². The van der Waals surface area contributed by atoms with Crippen LogP contribution in [0, 0.1) is 18.8 Å². The van der Waals surface area contributed by atoms with E-state index in [9.17, 15) is 4.79 Å². The maximum Gasteiger partial charge on any atom is 0.407 e. The number of benzene rings is 1. The van der Waals surface area contributed by atoms with Crippen LogP contribution < -0.4 is 11.1 Å². The molecule has 0 aliphatic heterocycles. The molecule has 118 valence electrons. The maximum absolute atomic E-state index is 11.5. The molecule has 0 spiro atoms. The third-order valence-electron chi connectivity index (χ3n) is 3.09. The Kier molecular flexibility index (Phi) is 6.01. The largest absolute Gasteiger partial charge is 0.445 e. The Morgan fingerprint density at radius 3 is 2.87 bits per heavy atom. The Morgan fingerprint density at radius 2 is 2.13 bits per heavy atom. The molecule has 3 N–H and O–H groups in total. The Labute approximate surface area is 135 Å². The van der Waals surface area contributed by atoms with Gasteiger partial charge in [0, 0.05) is 24.7 Å². The van der Waals surface area contributed by atoms with Crippen molar-refractivity contribution in [3.8, 4) is 11.8 Å². The Morgan fingerprint density at radius 1 is 1.35 bits per heavy atom. The number of carbonyl (C=O) groups is 1. The molecular weight excluding hydrogens is 290 g/mol. The van der Waals surface area contributed by atoms with Crippen LogP contribution in [0.5, 0.6) is 0 Å². The van der Waals surface area contributed by atoms with Gasteiger partial charge in [-0.1, -0.05) is 42.2 Å². The van der Waals surface area contributed by atoms with Crippen LogP contribution in [0.15, 0.2) is 42.6 Å². The molecule has 0 saturated heterocycles. The first-order valence-corrected chi connectivity index (χ1v) is 7.30. The predicted molar refractivity (Wildman–Crippen MR) is 89.5 cm³/mol. The molecule has 2 rings (SSSR count). The van der Waals surface area contributed by atoms with E-state index in [1.807, 2.05) is 37.3 Å². The number of anilines is 1. The fraction of sp³-hybridized carbons (Fsp3) is 0.222. The third-order valence-corrected chi connectivity index (χ3v) is 3.09. The number of nitrogen functional groups attached to an aromatic ring is 1. The summed E-state index contributed by atoms with van der Waals surface area (Å²) in [5, 5.41) is 2.66. The predicted octanol–water partition coefficient (Wildman–Crippen LogP) is 2.64. The zero-order valence-corrected chi connectivity index (χ0v) is 13.0. The van der Waals surface area contributed by atoms with Gasteiger partial charge >= 0.3 is 6.09 Å². The summed E-state index contributed by atoms with van der Waals surface area (Å²) < 4.78 is 5.10. The van der Waals surface area contributed by atoms with Crippen LogP contribution in [0.3, 0.4) is 0 Å². The van der Waals surface area contributed by atoms with Crippen molar-refractivity contribution in [1.29, 1.82) is 0 Å². The normalized spacial score (nSPS) is 9.61. The van der Waals surface area contributed by atoms with E-state index in [4.69, 9.17) is 10.5 Å². The summed E-state index contributed by atoms with van der Waals surface area (Å²) in [4.78, 5) is 15.5. The van der Waals surface area contributed by atoms with E-state index < -0.39 is 6.09 Å². The molecular formula is C18H19N3O2. The van der Waals surface area contributed by atoms with E-state index in [0.717, 1.165) is 16.7 Å². The number of nitrogens with two attached hydrogens (primary N) is 1. The van der Waals surface area contributed by atoms with Crippen LogP contribution in [0.4, 0.5) is 10.6 Å². The minimum atomic E-state index is -0.444. The first kappa shape index (κ1) is 16.4. The molecule has 0 radical (unpaired) electrons. The lowest BCUT2D eigenvalue weighted by Gasteiger charge is -2.05. The van der Waals surface area contributed by atoms with E-state index in [-0.39, 0.29) is 6.61 Å². The number of pyridine rings is 1. The lowest BCUT2D eigenvalue weighted by Crippen LogP contribution is -2.24. The van der Waals surface area contributed by atoms with Gasteiger partial charge in [-0.2, -0.15) is 0 Å². The van der Waals surface area contributed by atoms with Gasteiger partial charge in [-0.3, -0.25) is 0 Å². The zero-order valence-electron chi connectivity index (χ0n) is 13.0. The van der Waals surface area contributed by atoms with Gasteiger partial charge in [0.15, 0.2) is 0 Å². The summed E-state index contributed by atoms with van der Waals surface area (Å²) >= 11 is 0. The average Bonchev–Trinajstić information content (AvgIpc) is 2.55. The van der Waals surface area contributed by atoms with Crippen LogP contribution in [0.1, 0.15) is 23.1 Å². The number of alkyl carbamates (subject to hydrolysis) is 1. The van der Waals surface area contributed by atoms with Crippen LogP contribution in [0.25, 0.3) is 0 Å². The number of amides is 1. The number of nitrogens with one attached hydrogen (secondary N) is 1. The number of hydrogen-bond donors (Lipinski definition) is 2. The number of rotatable bonds is 4. The van der Waals surface area contributed by atoms with Gasteiger partial charge in [0.25, 0.3) is 0 Å². The van der Waals surface area contributed by atoms with Crippen LogP contribution in [-0.4, -0.2) is 17.6 Å². The van der Waals surface area contributed by atoms with Gasteiger partial charge in [0.2, 0.25) is 0 Å². The second kappa shape index (κ2) is 8.44. The van der Waals surface area contributed by atoms with Gasteiger partial charge in [0.05, 0.1) is 0 Å². The highest BCUT2D eigenvalue weighted by Crippen LogP contribution is 2.07. The Balaban J connectivity index is 1.69. The van der Waals surface area contributed by atoms with Crippen molar-refractivity contribution in [2.24, 2.45) is 0 Å². The molecule has 5 heteroatoms. The van der Waals surface area contributed by atoms with Crippen molar-refractivity contribution in [2.75, 3.05) is 12.3 Å². The van der Waals surface area contributed by atoms with E-state index in [1.54, 1.807) is 12.3 Å². The van der Waals surface area contributed by atoms with Crippen molar-refractivity contribution < 1.29 is 9.53 Å². The van der Waals surface area contributed by atoms with Gasteiger partial charge in [0.1, 0.15) is 12.4 Å². The summed E-state index contributed by atoms with van der Waals surface area (Å²) in [5.74, 6) is 6.48. The lowest BCUT2D eigenvalue weighted by molar-refractivity contribution is 0.140. The van der Waals surface area contributed by atoms with E-state index in [0.29, 0.717) is 18.8 Å². The zero-order chi connectivity index (χ0) is 16.5. The summed E-state index contributed by atoms with van der Waals surface area (Å²) in [6.07, 6.45) is 1.74. The van der Waals surface area contributed by atoms with Crippen molar-refractivity contribution in [3.63, 3.8) is 0 Å². The molecule has 1 amide bonds. The van der Waals surface area contributed by atoms with Gasteiger partial charge < -0.3 is 15.8 Å². The van der Waals surface area contributed by atoms with E-state index in [1.165, 1.54) is 0 Å². The first-order valence-electron chi connectivity index (χ1n) is 7.30. The van der Waals surface area contributed by atoms with Gasteiger partial charge in [-0.05, 0) is 24.1 Å². The van der Waals surface area contributed by atoms with Crippen LogP contribution >= 0.6 is 0 Å². The molecule has 2 aromatic rings. The Bertz CT molecular complexity index is 718. The lowest BCUT2D eigenvalue weighted by atomic mass is 10.1. The number of aryl methyl sites for hydroxylation is 1. The number of aromatic nitrogens is 1. The van der Waals surface area contributed by atoms with Crippen molar-refractivity contribution in [3.05, 3.63) is 59.3 Å². The molecule has 0 aliphatic carbocycles. The SMILES string of the molecule is Cc1cc(N)ncc1C#CCCNC(=O)OCc1ccccc1. The molecule has 23 heavy (non-hydrogen) atoms. The van der Waals surface area contributed by atoms with Crippen molar-refractivity contribution in [2.45, 2.75) is 20.0 Å². The molecule has 0 unspecified atom stereocenters. The number of carbonyl (C=O) groups excluding carboxylic acids is 1. The molecule has 1 aromatic carbocycles. The number of hydrogen-bond acceptors (Lipinski definition) is 4. The van der Waals surface area contributed by atoms with E-state index in [2.05, 4.69) is 22.1 Å². The van der Waals surface area contributed by atoms with Crippen molar-refractivity contribution in [1.82, 2.24) is 10.3 Å². The summed E-state index contributed by atoms with van der Waals surface area (Å²) in [6.45, 7) is 2.62. The first-order chi connectivity index (χ1) is 11.1. The highest BCUT2D eigenvalue weighted by Gasteiger charge is 2.00. The molecule has 0 saturated carbocycles. The summed E-state index contributed by atoms with van der Waals surface area (Å²) in [6, 6.07) is 11.3. The highest BCUT2D eigenvalue weighted by molar-refractivity contribution is 5.67. The average molecular weight is 309 g/mol. The quantitative estimate of drug-likeness (QED) is 0.672. The van der Waals surface area contributed by atoms with Crippen LogP contribution in [-0.2, 0) is 11.3 Å². The standard InChI is InChI=1S/C18H19N3O2/c1-14-11-17(19)21-12-16(14)9-5-6-10-20-18(22)23-13-15-7-3-2-4-8-15/h2-4,7-8,11-12H,6,10,13H2,1H3,(H2,19,21)(H,20,22). The van der Waals surface area contributed by atoms with Crippen LogP contribution in [0.2, 0.25) is 0 Å². The van der Waals surface area contributed by atoms with Crippen molar-refractivity contribution >= 4 is 11.9 Å². The summed E-state index contributed by atoms with van der Waals surface area (Å²) in [5.41, 5.74) is 8.36. The smallest absolute Gasteiger partial charge is 0.407 e. The molecule has 0 fully saturated rings. The minimum Gasteiger partial charge on any atom is -0.445 e. The molecule has 0 bridgehead atoms. The van der Waals surface area contributed by atoms with E-state index >= 15 is 0 Å². The fourth-order valence-electron chi connectivity index (χ4n) is 1.87. The van der Waals surface area contributed by atoms with Gasteiger partial charge in [-0.15, -0.1) is 0 Å². The molecule has 1 heterocycles. The molecule has 0 aliphatic rings. The fourth-order valence-corrected chi connectivity index (χ4v) is 1.87. The molecule has 5 nitrogen and oxygen atoms in total. The number of nitrogens with zero attached hydrogens (tertiary/aromatic N) is 1. The molecule has 0 atom stereocenters. The Hall–Kier alpha value is -3.00. The highest BCUT2D eigenvalue weighted by atomic mass is 16.5. The second-order valence-electron chi connectivity index (χ2n) is 4.96. The minimum absolute atomic E-state index is 0.259. The summed E-state index contributed by atoms with van der Waals surface area (Å²) in [7, 11) is 0. The number of ether oxygens (including phenoxy) is 1. The third kappa shape index (κ3) is 5.71. The van der Waals surface area contributed by atoms with Gasteiger partial charge in [-0.25, -0.2) is 9.78 Å². The maximum atomic E-state index is 11.5. The monoisotopic (exact) mass is 309 g/mol. The second-order valence-corrected chi connectivity index (χ2v) is 4.96. The molecule has 1 aromatic heterocycles.